The molecule has 3 unspecified atom stereocenters. The highest BCUT2D eigenvalue weighted by atomic mass is 32.2. The van der Waals surface area contributed by atoms with Gasteiger partial charge in [-0.15, -0.1) is 11.8 Å². The molecular formula is C56H107NO12S. The van der Waals surface area contributed by atoms with Crippen LogP contribution in [0.4, 0.5) is 0 Å². The van der Waals surface area contributed by atoms with Crippen molar-refractivity contribution in [1.82, 2.24) is 5.32 Å². The van der Waals surface area contributed by atoms with Gasteiger partial charge in [0.15, 0.2) is 0 Å². The summed E-state index contributed by atoms with van der Waals surface area (Å²) in [7, 11) is 0. The summed E-state index contributed by atoms with van der Waals surface area (Å²) in [5, 5.41) is 42.0. The van der Waals surface area contributed by atoms with E-state index in [1.54, 1.807) is 0 Å². The summed E-state index contributed by atoms with van der Waals surface area (Å²) in [5.74, 6) is 0.149. The normalized spacial score (nSPS) is 19.0. The van der Waals surface area contributed by atoms with Gasteiger partial charge >= 0.3 is 0 Å². The van der Waals surface area contributed by atoms with E-state index < -0.39 is 36.5 Å². The van der Waals surface area contributed by atoms with Crippen LogP contribution < -0.4 is 5.32 Å². The number of hydrogen-bond acceptors (Lipinski definition) is 13. The highest BCUT2D eigenvalue weighted by Crippen LogP contribution is 2.29. The topological polar surface area (TPSA) is 175 Å². The van der Waals surface area contributed by atoms with Crippen LogP contribution in [0.2, 0.25) is 0 Å². The second-order valence-electron chi connectivity index (χ2n) is 19.0. The maximum atomic E-state index is 12.2. The van der Waals surface area contributed by atoms with Crippen LogP contribution in [0, 0.1) is 0 Å². The van der Waals surface area contributed by atoms with Gasteiger partial charge in [0.1, 0.15) is 36.0 Å². The second kappa shape index (κ2) is 52.7. The van der Waals surface area contributed by atoms with E-state index >= 15 is 0 Å². The molecule has 0 saturated carbocycles. The van der Waals surface area contributed by atoms with Gasteiger partial charge in [-0.2, -0.15) is 0 Å². The first-order valence-electron chi connectivity index (χ1n) is 28.4. The summed E-state index contributed by atoms with van der Waals surface area (Å²) >= 11 is 1.15. The third kappa shape index (κ3) is 42.2. The lowest BCUT2D eigenvalue weighted by Crippen LogP contribution is -2.57. The van der Waals surface area contributed by atoms with Gasteiger partial charge in [0.2, 0.25) is 5.91 Å². The van der Waals surface area contributed by atoms with Crippen molar-refractivity contribution in [2.24, 2.45) is 0 Å². The number of amides is 1. The molecule has 0 radical (unpaired) electrons. The summed E-state index contributed by atoms with van der Waals surface area (Å²) in [6.07, 6.45) is 40.8. The Morgan fingerprint density at radius 2 is 0.929 bits per heavy atom. The Morgan fingerprint density at radius 3 is 1.41 bits per heavy atom. The molecule has 0 bridgehead atoms. The second-order valence-corrected chi connectivity index (χ2v) is 20.2. The van der Waals surface area contributed by atoms with Crippen LogP contribution in [0.15, 0.2) is 24.3 Å². The molecule has 70 heavy (non-hydrogen) atoms. The molecule has 1 rings (SSSR count). The number of nitrogens with one attached hydrogen (secondary N) is 1. The molecule has 1 fully saturated rings. The van der Waals surface area contributed by atoms with Crippen LogP contribution in [-0.4, -0.2) is 154 Å². The van der Waals surface area contributed by atoms with Crippen molar-refractivity contribution in [2.45, 2.75) is 236 Å². The van der Waals surface area contributed by atoms with Crippen molar-refractivity contribution >= 4 is 17.7 Å². The number of aliphatic hydroxyl groups excluding tert-OH is 4. The third-order valence-corrected chi connectivity index (χ3v) is 13.7. The summed E-state index contributed by atoms with van der Waals surface area (Å²) < 4.78 is 40.6. The lowest BCUT2D eigenvalue weighted by Gasteiger charge is -2.39. The first-order valence-corrected chi connectivity index (χ1v) is 29.5. The summed E-state index contributed by atoms with van der Waals surface area (Å²) in [6, 6.07) is 0. The molecule has 1 heterocycles. The Labute approximate surface area is 431 Å². The molecule has 1 aliphatic heterocycles. The number of rotatable bonds is 54. The lowest BCUT2D eigenvalue weighted by molar-refractivity contribution is -0.205. The molecule has 414 valence electrons. The molecule has 0 aromatic heterocycles. The van der Waals surface area contributed by atoms with Crippen molar-refractivity contribution in [3.8, 4) is 0 Å². The molecule has 0 aromatic rings. The first kappa shape index (κ1) is 66.9. The molecule has 1 saturated heterocycles. The molecular weight excluding hydrogens is 911 g/mol. The van der Waals surface area contributed by atoms with E-state index in [1.165, 1.54) is 167 Å². The minimum absolute atomic E-state index is 0.0852. The average Bonchev–Trinajstić information content (AvgIpc) is 3.36. The van der Waals surface area contributed by atoms with Crippen molar-refractivity contribution < 1.29 is 58.4 Å². The molecule has 5 N–H and O–H groups in total. The number of carbonyl (C=O) groups excluding carboxylic acids is 1. The van der Waals surface area contributed by atoms with E-state index in [9.17, 15) is 25.2 Å². The molecule has 14 heteroatoms. The van der Waals surface area contributed by atoms with Gasteiger partial charge in [-0.25, -0.2) is 0 Å². The minimum Gasteiger partial charge on any atom is -0.394 e. The summed E-state index contributed by atoms with van der Waals surface area (Å²) in [4.78, 5) is 12.2. The zero-order valence-corrected chi connectivity index (χ0v) is 45.5. The quantitative estimate of drug-likeness (QED) is 0.0288. The number of ether oxygens (including phenoxy) is 7. The maximum Gasteiger partial charge on any atom is 0.220 e. The minimum atomic E-state index is -1.43. The van der Waals surface area contributed by atoms with Crippen LogP contribution >= 0.6 is 11.8 Å². The predicted molar refractivity (Wildman–Crippen MR) is 287 cm³/mol. The maximum absolute atomic E-state index is 12.2. The smallest absolute Gasteiger partial charge is 0.220 e. The van der Waals surface area contributed by atoms with Crippen LogP contribution in [0.3, 0.4) is 0 Å². The first-order chi connectivity index (χ1) is 34.4. The van der Waals surface area contributed by atoms with Crippen molar-refractivity contribution in [2.75, 3.05) is 91.6 Å². The van der Waals surface area contributed by atoms with Gasteiger partial charge in [-0.1, -0.05) is 154 Å². The van der Waals surface area contributed by atoms with Gasteiger partial charge in [-0.3, -0.25) is 4.79 Å². The molecule has 0 aromatic carbocycles. The molecule has 6 atom stereocenters. The number of unbranched alkanes of at least 4 members (excludes halogenated alkanes) is 24. The van der Waals surface area contributed by atoms with Gasteiger partial charge in [0.05, 0.1) is 66.1 Å². The highest BCUT2D eigenvalue weighted by molar-refractivity contribution is 7.99. The monoisotopic (exact) mass is 1020 g/mol. The standard InChI is InChI=1S/C56H107NO12S/c1-3-5-7-9-11-13-15-17-19-21-23-25-27-29-31-33-37-66-48-50(68-38-34-32-30-28-26-24-22-20-18-16-14-12-10-8-6-4-2)49-67-45-44-65-43-42-64-41-40-63-39-36-57-52(59)35-46-70-56-55(62)54(61)53(60)51(47-58)69-56/h17-20,50-51,53-56,58,60-62H,3-16,21-49H2,1-2H3,(H,57,59)/b19-17-,20-18-/t50?,51?,53-,54-,55?,56-/m0/s1. The van der Waals surface area contributed by atoms with E-state index in [4.69, 9.17) is 33.2 Å². The van der Waals surface area contributed by atoms with E-state index in [2.05, 4.69) is 43.5 Å². The Hall–Kier alpha value is -1.14. The lowest BCUT2D eigenvalue weighted by atomic mass is 10.0. The fourth-order valence-corrected chi connectivity index (χ4v) is 9.22. The van der Waals surface area contributed by atoms with Crippen LogP contribution in [-0.2, 0) is 38.0 Å². The fraction of sp³-hybridized carbons (Fsp3) is 0.911. The largest absolute Gasteiger partial charge is 0.394 e. The average molecular weight is 1020 g/mol. The van der Waals surface area contributed by atoms with Crippen molar-refractivity contribution in [1.29, 1.82) is 0 Å². The number of thioether (sulfide) groups is 1. The Morgan fingerprint density at radius 1 is 0.514 bits per heavy atom. The number of allylic oxidation sites excluding steroid dienone is 4. The van der Waals surface area contributed by atoms with Crippen molar-refractivity contribution in [3.05, 3.63) is 24.3 Å². The van der Waals surface area contributed by atoms with Crippen LogP contribution in [0.5, 0.6) is 0 Å². The van der Waals surface area contributed by atoms with Gasteiger partial charge in [0.25, 0.3) is 0 Å². The Bertz CT molecular complexity index is 1150. The highest BCUT2D eigenvalue weighted by Gasteiger charge is 2.43. The van der Waals surface area contributed by atoms with E-state index in [0.29, 0.717) is 71.8 Å². The molecule has 0 spiro atoms. The zero-order chi connectivity index (χ0) is 50.6. The van der Waals surface area contributed by atoms with E-state index in [0.717, 1.165) is 37.8 Å². The summed E-state index contributed by atoms with van der Waals surface area (Å²) in [6.45, 7) is 9.94. The molecule has 0 aliphatic carbocycles. The number of hydrogen-bond donors (Lipinski definition) is 5. The predicted octanol–water partition coefficient (Wildman–Crippen LogP) is 10.6. The Balaban J connectivity index is 2.14. The molecule has 13 nitrogen and oxygen atoms in total. The number of aliphatic hydroxyl groups is 4. The van der Waals surface area contributed by atoms with Gasteiger partial charge in [-0.05, 0) is 64.2 Å². The Kier molecular flexibility index (Phi) is 50.4. The van der Waals surface area contributed by atoms with E-state index in [1.807, 2.05) is 0 Å². The fourth-order valence-electron chi connectivity index (χ4n) is 8.11. The van der Waals surface area contributed by atoms with Crippen molar-refractivity contribution in [3.63, 3.8) is 0 Å². The van der Waals surface area contributed by atoms with E-state index in [-0.39, 0.29) is 18.4 Å². The van der Waals surface area contributed by atoms with Gasteiger partial charge in [0, 0.05) is 31.9 Å². The molecule has 1 aliphatic rings. The number of carbonyl (C=O) groups is 1. The zero-order valence-electron chi connectivity index (χ0n) is 44.6. The van der Waals surface area contributed by atoms with Crippen LogP contribution in [0.25, 0.3) is 0 Å². The van der Waals surface area contributed by atoms with Gasteiger partial charge < -0.3 is 58.9 Å². The summed E-state index contributed by atoms with van der Waals surface area (Å²) in [5.41, 5.74) is -0.849. The van der Waals surface area contributed by atoms with Crippen LogP contribution in [0.1, 0.15) is 200 Å². The SMILES string of the molecule is CCCCCCCC/C=C\CCCCCCCCOCC(COCCOCCOCCOCCNC(=O)CCS[C@@H]1OC(CO)[C@H](O)[C@H](O)C1O)OCCCCCCCC/C=C\CCCCCCCC. The third-order valence-electron chi connectivity index (χ3n) is 12.6. The molecule has 1 amide bonds.